The smallest absolute Gasteiger partial charge is 0.254 e. The van der Waals surface area contributed by atoms with Gasteiger partial charge >= 0.3 is 6.18 Å². The van der Waals surface area contributed by atoms with Crippen molar-refractivity contribution in [3.8, 4) is 11.3 Å². The summed E-state index contributed by atoms with van der Waals surface area (Å²) < 4.78 is 38.3. The quantitative estimate of drug-likeness (QED) is 0.630. The van der Waals surface area contributed by atoms with Crippen LogP contribution in [0.15, 0.2) is 36.5 Å². The van der Waals surface area contributed by atoms with Crippen molar-refractivity contribution in [2.75, 3.05) is 0 Å². The molecule has 0 N–H and O–H groups in total. The molecule has 18 heavy (non-hydrogen) atoms. The van der Waals surface area contributed by atoms with E-state index in [4.69, 9.17) is 11.6 Å². The van der Waals surface area contributed by atoms with Crippen molar-refractivity contribution in [1.82, 2.24) is 4.98 Å². The second-order valence-electron chi connectivity index (χ2n) is 3.53. The fourth-order valence-electron chi connectivity index (χ4n) is 1.44. The Morgan fingerprint density at radius 1 is 1.17 bits per heavy atom. The Morgan fingerprint density at radius 3 is 2.39 bits per heavy atom. The van der Waals surface area contributed by atoms with Crippen molar-refractivity contribution in [1.29, 1.82) is 0 Å². The first-order valence-corrected chi connectivity index (χ1v) is 6.33. The largest absolute Gasteiger partial charge is 0.417 e. The van der Waals surface area contributed by atoms with Gasteiger partial charge in [-0.3, -0.25) is 4.98 Å². The molecule has 6 heteroatoms. The minimum absolute atomic E-state index is 0.00561. The van der Waals surface area contributed by atoms with E-state index in [9.17, 15) is 13.2 Å². The molecular formula is C12H6ClF3IN. The van der Waals surface area contributed by atoms with E-state index < -0.39 is 11.7 Å². The van der Waals surface area contributed by atoms with Crippen molar-refractivity contribution in [3.63, 3.8) is 0 Å². The number of aromatic nitrogens is 1. The van der Waals surface area contributed by atoms with Gasteiger partial charge < -0.3 is 0 Å². The summed E-state index contributed by atoms with van der Waals surface area (Å²) in [6.07, 6.45) is -3.64. The van der Waals surface area contributed by atoms with E-state index in [-0.39, 0.29) is 5.02 Å². The van der Waals surface area contributed by atoms with E-state index in [0.29, 0.717) is 5.69 Å². The van der Waals surface area contributed by atoms with Crippen LogP contribution in [0.1, 0.15) is 5.56 Å². The van der Waals surface area contributed by atoms with Crippen LogP contribution < -0.4 is 0 Å². The van der Waals surface area contributed by atoms with Crippen molar-refractivity contribution >= 4 is 34.2 Å². The van der Waals surface area contributed by atoms with Gasteiger partial charge in [-0.2, -0.15) is 13.2 Å². The molecule has 0 saturated heterocycles. The monoisotopic (exact) mass is 383 g/mol. The lowest BCUT2D eigenvalue weighted by atomic mass is 10.1. The summed E-state index contributed by atoms with van der Waals surface area (Å²) >= 11 is 7.96. The number of alkyl halides is 3. The summed E-state index contributed by atoms with van der Waals surface area (Å²) in [7, 11) is 0. The van der Waals surface area contributed by atoms with Crippen LogP contribution >= 0.6 is 34.2 Å². The van der Waals surface area contributed by atoms with Crippen LogP contribution in [0.4, 0.5) is 13.2 Å². The van der Waals surface area contributed by atoms with E-state index in [1.54, 1.807) is 12.1 Å². The topological polar surface area (TPSA) is 12.9 Å². The number of nitrogens with zero attached hydrogens (tertiary/aromatic N) is 1. The minimum atomic E-state index is -4.43. The van der Waals surface area contributed by atoms with Gasteiger partial charge in [-0.1, -0.05) is 29.8 Å². The zero-order chi connectivity index (χ0) is 13.3. The number of benzene rings is 1. The molecule has 1 aromatic carbocycles. The number of hydrogen-bond donors (Lipinski definition) is 0. The van der Waals surface area contributed by atoms with Crippen LogP contribution in [0.25, 0.3) is 11.3 Å². The molecule has 2 aromatic rings. The molecular weight excluding hydrogens is 377 g/mol. The molecule has 2 rings (SSSR count). The fourth-order valence-corrected chi connectivity index (χ4v) is 2.36. The molecule has 1 heterocycles. The third-order valence-electron chi connectivity index (χ3n) is 2.30. The highest BCUT2D eigenvalue weighted by Crippen LogP contribution is 2.35. The Morgan fingerprint density at radius 2 is 1.83 bits per heavy atom. The lowest BCUT2D eigenvalue weighted by molar-refractivity contribution is -0.137. The third-order valence-corrected chi connectivity index (χ3v) is 3.53. The number of hydrogen-bond acceptors (Lipinski definition) is 1. The van der Waals surface area contributed by atoms with Crippen LogP contribution in [0.5, 0.6) is 0 Å². The number of halogens is 5. The Kier molecular flexibility index (Phi) is 3.82. The van der Waals surface area contributed by atoms with Crippen LogP contribution in [0.2, 0.25) is 5.02 Å². The van der Waals surface area contributed by atoms with Gasteiger partial charge in [0.2, 0.25) is 0 Å². The average Bonchev–Trinajstić information content (AvgIpc) is 2.29. The molecule has 0 aliphatic heterocycles. The molecule has 94 valence electrons. The molecule has 0 aliphatic carbocycles. The predicted octanol–water partition coefficient (Wildman–Crippen LogP) is 5.03. The zero-order valence-corrected chi connectivity index (χ0v) is 11.7. The SMILES string of the molecule is FC(F)(F)c1cnc(-c2ccccc2I)c(Cl)c1. The van der Waals surface area contributed by atoms with Gasteiger partial charge in [0.25, 0.3) is 0 Å². The number of rotatable bonds is 1. The summed E-state index contributed by atoms with van der Waals surface area (Å²) in [5, 5.41) is -0.00561. The summed E-state index contributed by atoms with van der Waals surface area (Å²) in [6, 6.07) is 8.12. The lowest BCUT2D eigenvalue weighted by Crippen LogP contribution is -2.06. The van der Waals surface area contributed by atoms with Gasteiger partial charge in [-0.15, -0.1) is 0 Å². The van der Waals surface area contributed by atoms with Gasteiger partial charge in [0.05, 0.1) is 16.3 Å². The summed E-state index contributed by atoms with van der Waals surface area (Å²) in [5.41, 5.74) is 0.230. The maximum absolute atomic E-state index is 12.5. The molecule has 0 atom stereocenters. The first-order valence-electron chi connectivity index (χ1n) is 4.87. The van der Waals surface area contributed by atoms with Crippen molar-refractivity contribution in [2.45, 2.75) is 6.18 Å². The second-order valence-corrected chi connectivity index (χ2v) is 5.10. The van der Waals surface area contributed by atoms with Crippen molar-refractivity contribution in [3.05, 3.63) is 50.7 Å². The maximum Gasteiger partial charge on any atom is 0.417 e. The first-order chi connectivity index (χ1) is 8.39. The van der Waals surface area contributed by atoms with Crippen LogP contribution in [-0.2, 0) is 6.18 Å². The molecule has 1 nitrogen and oxygen atoms in total. The highest BCUT2D eigenvalue weighted by molar-refractivity contribution is 14.1. The summed E-state index contributed by atoms with van der Waals surface area (Å²) in [4.78, 5) is 3.82. The Balaban J connectivity index is 2.52. The van der Waals surface area contributed by atoms with Crippen LogP contribution in [0.3, 0.4) is 0 Å². The average molecular weight is 384 g/mol. The highest BCUT2D eigenvalue weighted by atomic mass is 127. The molecule has 0 unspecified atom stereocenters. The van der Waals surface area contributed by atoms with E-state index >= 15 is 0 Å². The molecule has 0 bridgehead atoms. The zero-order valence-electron chi connectivity index (χ0n) is 8.80. The summed E-state index contributed by atoms with van der Waals surface area (Å²) in [5.74, 6) is 0. The third kappa shape index (κ3) is 2.77. The van der Waals surface area contributed by atoms with Gasteiger partial charge in [0, 0.05) is 15.3 Å². The van der Waals surface area contributed by atoms with Gasteiger partial charge in [-0.05, 0) is 34.7 Å². The molecule has 1 aromatic heterocycles. The Bertz CT molecular complexity index is 584. The van der Waals surface area contributed by atoms with Crippen molar-refractivity contribution in [2.24, 2.45) is 0 Å². The van der Waals surface area contributed by atoms with Crippen LogP contribution in [-0.4, -0.2) is 4.98 Å². The second kappa shape index (κ2) is 5.05. The molecule has 0 spiro atoms. The summed E-state index contributed by atoms with van der Waals surface area (Å²) in [6.45, 7) is 0. The molecule has 0 radical (unpaired) electrons. The van der Waals surface area contributed by atoms with E-state index in [2.05, 4.69) is 27.6 Å². The van der Waals surface area contributed by atoms with Gasteiger partial charge in [-0.25, -0.2) is 0 Å². The van der Waals surface area contributed by atoms with E-state index in [1.165, 1.54) is 0 Å². The van der Waals surface area contributed by atoms with Gasteiger partial charge in [0.15, 0.2) is 0 Å². The normalized spacial score (nSPS) is 11.6. The number of pyridine rings is 1. The Labute approximate surface area is 120 Å². The lowest BCUT2D eigenvalue weighted by Gasteiger charge is -2.10. The molecule has 0 amide bonds. The van der Waals surface area contributed by atoms with E-state index in [0.717, 1.165) is 21.4 Å². The first kappa shape index (κ1) is 13.6. The van der Waals surface area contributed by atoms with Gasteiger partial charge in [0.1, 0.15) is 0 Å². The Hall–Kier alpha value is -0.820. The maximum atomic E-state index is 12.5. The van der Waals surface area contributed by atoms with Crippen molar-refractivity contribution < 1.29 is 13.2 Å². The molecule has 0 aliphatic rings. The van der Waals surface area contributed by atoms with Crippen LogP contribution in [0, 0.1) is 3.57 Å². The predicted molar refractivity (Wildman–Crippen MR) is 72.4 cm³/mol. The standard InChI is InChI=1S/C12H6ClF3IN/c13-9-5-7(12(14,15)16)6-18-11(9)8-3-1-2-4-10(8)17/h1-6H. The fraction of sp³-hybridized carbons (Fsp3) is 0.0833. The highest BCUT2D eigenvalue weighted by Gasteiger charge is 2.31. The van der Waals surface area contributed by atoms with E-state index in [1.807, 2.05) is 12.1 Å². The minimum Gasteiger partial charge on any atom is -0.254 e. The molecule has 0 saturated carbocycles. The molecule has 0 fully saturated rings.